The minimum atomic E-state index is -0.457. The molecule has 0 bridgehead atoms. The summed E-state index contributed by atoms with van der Waals surface area (Å²) in [5.41, 5.74) is 3.91. The van der Waals surface area contributed by atoms with Crippen LogP contribution in [0.4, 0.5) is 11.5 Å². The number of rotatable bonds is 4. The van der Waals surface area contributed by atoms with Crippen LogP contribution in [0.1, 0.15) is 27.2 Å². The number of anilines is 1. The van der Waals surface area contributed by atoms with Gasteiger partial charge in [-0.15, -0.1) is 0 Å². The Morgan fingerprint density at radius 3 is 2.38 bits per heavy atom. The van der Waals surface area contributed by atoms with E-state index in [1.54, 1.807) is 28.9 Å². The van der Waals surface area contributed by atoms with Crippen LogP contribution >= 0.6 is 0 Å². The van der Waals surface area contributed by atoms with Crippen molar-refractivity contribution in [1.82, 2.24) is 9.78 Å². The number of nitrogens with one attached hydrogen (secondary N) is 1. The Bertz CT molecular complexity index is 991. The molecule has 0 saturated heterocycles. The van der Waals surface area contributed by atoms with E-state index >= 15 is 0 Å². The van der Waals surface area contributed by atoms with Crippen molar-refractivity contribution < 1.29 is 9.72 Å². The molecule has 3 aromatic rings. The molecule has 3 rings (SSSR count). The molecule has 0 aliphatic rings. The molecule has 0 radical (unpaired) electrons. The number of nitro benzene ring substituents is 1. The van der Waals surface area contributed by atoms with E-state index in [-0.39, 0.29) is 11.6 Å². The first-order chi connectivity index (χ1) is 12.3. The monoisotopic (exact) mass is 350 g/mol. The van der Waals surface area contributed by atoms with Crippen molar-refractivity contribution in [3.63, 3.8) is 0 Å². The maximum absolute atomic E-state index is 12.6. The summed E-state index contributed by atoms with van der Waals surface area (Å²) in [6, 6.07) is 13.4. The Morgan fingerprint density at radius 2 is 1.77 bits per heavy atom. The lowest BCUT2D eigenvalue weighted by Gasteiger charge is -2.10. The molecule has 132 valence electrons. The first-order valence-corrected chi connectivity index (χ1v) is 8.05. The molecule has 0 unspecified atom stereocenters. The summed E-state index contributed by atoms with van der Waals surface area (Å²) >= 11 is 0. The third-order valence-corrected chi connectivity index (χ3v) is 4.00. The normalized spacial score (nSPS) is 10.6. The van der Waals surface area contributed by atoms with Gasteiger partial charge in [0.1, 0.15) is 5.82 Å². The van der Waals surface area contributed by atoms with Crippen LogP contribution < -0.4 is 5.32 Å². The van der Waals surface area contributed by atoms with Crippen LogP contribution in [0.25, 0.3) is 5.69 Å². The fraction of sp³-hybridized carbons (Fsp3) is 0.158. The van der Waals surface area contributed by atoms with Crippen molar-refractivity contribution in [3.8, 4) is 5.69 Å². The van der Waals surface area contributed by atoms with E-state index in [2.05, 4.69) is 10.4 Å². The van der Waals surface area contributed by atoms with Crippen LogP contribution in [-0.2, 0) is 0 Å². The average Bonchev–Trinajstić information content (AvgIpc) is 2.95. The lowest BCUT2D eigenvalue weighted by atomic mass is 10.1. The van der Waals surface area contributed by atoms with Crippen LogP contribution in [0.5, 0.6) is 0 Å². The number of nitro groups is 1. The first-order valence-electron chi connectivity index (χ1n) is 8.05. The van der Waals surface area contributed by atoms with Gasteiger partial charge in [0.25, 0.3) is 11.6 Å². The molecule has 1 heterocycles. The number of carbonyl (C=O) groups is 1. The topological polar surface area (TPSA) is 90.1 Å². The highest BCUT2D eigenvalue weighted by Crippen LogP contribution is 2.21. The molecule has 0 saturated carbocycles. The van der Waals surface area contributed by atoms with E-state index in [1.165, 1.54) is 12.1 Å². The number of aromatic nitrogens is 2. The maximum atomic E-state index is 12.6. The third-order valence-electron chi connectivity index (χ3n) is 4.00. The standard InChI is InChI=1S/C19H18N4O3/c1-12-4-9-17(13(2)10-12)19(24)20-18-11-14(3)21-22(18)15-5-7-16(8-6-15)23(25)26/h4-11H,1-3H3,(H,20,24). The minimum Gasteiger partial charge on any atom is -0.306 e. The van der Waals surface area contributed by atoms with Gasteiger partial charge in [-0.25, -0.2) is 4.68 Å². The molecule has 2 aromatic carbocycles. The largest absolute Gasteiger partial charge is 0.306 e. The lowest BCUT2D eigenvalue weighted by Crippen LogP contribution is -2.16. The van der Waals surface area contributed by atoms with Crippen LogP contribution in [0.15, 0.2) is 48.5 Å². The number of hydrogen-bond acceptors (Lipinski definition) is 4. The fourth-order valence-corrected chi connectivity index (χ4v) is 2.75. The van der Waals surface area contributed by atoms with E-state index < -0.39 is 4.92 Å². The second kappa shape index (κ2) is 6.79. The Morgan fingerprint density at radius 1 is 1.08 bits per heavy atom. The molecule has 0 fully saturated rings. The van der Waals surface area contributed by atoms with Crippen LogP contribution in [0.2, 0.25) is 0 Å². The molecule has 0 atom stereocenters. The van der Waals surface area contributed by atoms with Crippen molar-refractivity contribution in [3.05, 3.63) is 81.0 Å². The smallest absolute Gasteiger partial charge is 0.269 e. The van der Waals surface area contributed by atoms with E-state index in [4.69, 9.17) is 0 Å². The molecule has 0 aliphatic heterocycles. The Kier molecular flexibility index (Phi) is 4.53. The zero-order chi connectivity index (χ0) is 18.8. The number of non-ortho nitro benzene ring substituents is 1. The van der Waals surface area contributed by atoms with Gasteiger partial charge in [-0.2, -0.15) is 5.10 Å². The summed E-state index contributed by atoms with van der Waals surface area (Å²) in [7, 11) is 0. The Balaban J connectivity index is 1.92. The highest BCUT2D eigenvalue weighted by Gasteiger charge is 2.15. The van der Waals surface area contributed by atoms with Gasteiger partial charge in [-0.3, -0.25) is 14.9 Å². The van der Waals surface area contributed by atoms with Crippen molar-refractivity contribution in [2.75, 3.05) is 5.32 Å². The first kappa shape index (κ1) is 17.3. The molecule has 7 heteroatoms. The highest BCUT2D eigenvalue weighted by atomic mass is 16.6. The maximum Gasteiger partial charge on any atom is 0.269 e. The molecule has 1 N–H and O–H groups in total. The van der Waals surface area contributed by atoms with Crippen molar-refractivity contribution >= 4 is 17.4 Å². The van der Waals surface area contributed by atoms with Crippen LogP contribution in [-0.4, -0.2) is 20.6 Å². The van der Waals surface area contributed by atoms with Gasteiger partial charge in [0, 0.05) is 23.8 Å². The predicted molar refractivity (Wildman–Crippen MR) is 98.8 cm³/mol. The third kappa shape index (κ3) is 3.46. The van der Waals surface area contributed by atoms with Gasteiger partial charge in [-0.1, -0.05) is 17.7 Å². The summed E-state index contributed by atoms with van der Waals surface area (Å²) in [5, 5.41) is 18.0. The highest BCUT2D eigenvalue weighted by molar-refractivity contribution is 6.05. The van der Waals surface area contributed by atoms with Gasteiger partial charge >= 0.3 is 0 Å². The molecule has 26 heavy (non-hydrogen) atoms. The van der Waals surface area contributed by atoms with Crippen molar-refractivity contribution in [2.45, 2.75) is 20.8 Å². The number of benzene rings is 2. The second-order valence-corrected chi connectivity index (χ2v) is 6.13. The number of carbonyl (C=O) groups excluding carboxylic acids is 1. The summed E-state index contributed by atoms with van der Waals surface area (Å²) in [6.45, 7) is 5.68. The van der Waals surface area contributed by atoms with E-state index in [0.29, 0.717) is 17.1 Å². The van der Waals surface area contributed by atoms with Crippen LogP contribution in [0.3, 0.4) is 0 Å². The summed E-state index contributed by atoms with van der Waals surface area (Å²) < 4.78 is 1.56. The van der Waals surface area contributed by atoms with Gasteiger partial charge in [-0.05, 0) is 44.5 Å². The van der Waals surface area contributed by atoms with E-state index in [0.717, 1.165) is 16.8 Å². The van der Waals surface area contributed by atoms with E-state index in [1.807, 2.05) is 32.9 Å². The fourth-order valence-electron chi connectivity index (χ4n) is 2.75. The van der Waals surface area contributed by atoms with Crippen molar-refractivity contribution in [2.24, 2.45) is 0 Å². The summed E-state index contributed by atoms with van der Waals surface area (Å²) in [6.07, 6.45) is 0. The van der Waals surface area contributed by atoms with Gasteiger partial charge in [0.15, 0.2) is 0 Å². The number of aryl methyl sites for hydroxylation is 3. The summed E-state index contributed by atoms with van der Waals surface area (Å²) in [4.78, 5) is 23.0. The second-order valence-electron chi connectivity index (χ2n) is 6.13. The zero-order valence-corrected chi connectivity index (χ0v) is 14.7. The predicted octanol–water partition coefficient (Wildman–Crippen LogP) is 3.96. The Hall–Kier alpha value is -3.48. The quantitative estimate of drug-likeness (QED) is 0.570. The van der Waals surface area contributed by atoms with Gasteiger partial charge in [0.2, 0.25) is 0 Å². The molecule has 7 nitrogen and oxygen atoms in total. The zero-order valence-electron chi connectivity index (χ0n) is 14.7. The average molecular weight is 350 g/mol. The van der Waals surface area contributed by atoms with Crippen LogP contribution in [0, 0.1) is 30.9 Å². The van der Waals surface area contributed by atoms with Gasteiger partial charge in [0.05, 0.1) is 16.3 Å². The lowest BCUT2D eigenvalue weighted by molar-refractivity contribution is -0.384. The summed E-state index contributed by atoms with van der Waals surface area (Å²) in [5.74, 6) is 0.270. The van der Waals surface area contributed by atoms with Crippen molar-refractivity contribution in [1.29, 1.82) is 0 Å². The molecule has 1 aromatic heterocycles. The number of hydrogen-bond donors (Lipinski definition) is 1. The minimum absolute atomic E-state index is 0.00139. The SMILES string of the molecule is Cc1ccc(C(=O)Nc2cc(C)nn2-c2ccc([N+](=O)[O-])cc2)c(C)c1. The number of nitrogens with zero attached hydrogens (tertiary/aromatic N) is 3. The molecule has 0 aliphatic carbocycles. The molecular weight excluding hydrogens is 332 g/mol. The van der Waals surface area contributed by atoms with Gasteiger partial charge < -0.3 is 5.32 Å². The molecule has 1 amide bonds. The number of amides is 1. The molecule has 0 spiro atoms. The van der Waals surface area contributed by atoms with E-state index in [9.17, 15) is 14.9 Å². The molecular formula is C19H18N4O3. The Labute approximate surface area is 150 Å².